The molecule has 168 valence electrons. The molecular weight excluding hydrogens is 400 g/mol. The van der Waals surface area contributed by atoms with Crippen molar-refractivity contribution in [3.63, 3.8) is 0 Å². The van der Waals surface area contributed by atoms with Gasteiger partial charge in [0.05, 0.1) is 0 Å². The number of nitrogens with one attached hydrogen (secondary N) is 1. The third-order valence-corrected chi connectivity index (χ3v) is 7.78. The maximum absolute atomic E-state index is 13.3. The molecule has 4 aliphatic rings. The minimum atomic E-state index is -0.688. The number of primary amides is 1. The van der Waals surface area contributed by atoms with Crippen molar-refractivity contribution in [1.82, 2.24) is 5.32 Å². The molecule has 4 saturated carbocycles. The van der Waals surface area contributed by atoms with Crippen molar-refractivity contribution in [2.75, 3.05) is 0 Å². The van der Waals surface area contributed by atoms with E-state index in [-0.39, 0.29) is 11.3 Å². The second kappa shape index (κ2) is 8.61. The molecule has 6 rings (SSSR count). The molecule has 0 heterocycles. The van der Waals surface area contributed by atoms with E-state index in [4.69, 9.17) is 10.5 Å². The van der Waals surface area contributed by atoms with Gasteiger partial charge in [-0.2, -0.15) is 0 Å². The largest absolute Gasteiger partial charge is 0.489 e. The van der Waals surface area contributed by atoms with Crippen LogP contribution >= 0.6 is 0 Å². The van der Waals surface area contributed by atoms with Gasteiger partial charge in [-0.1, -0.05) is 42.5 Å². The first kappa shape index (κ1) is 21.0. The lowest BCUT2D eigenvalue weighted by Gasteiger charge is -2.55. The van der Waals surface area contributed by atoms with Crippen molar-refractivity contribution in [2.24, 2.45) is 28.9 Å². The van der Waals surface area contributed by atoms with Gasteiger partial charge >= 0.3 is 0 Å². The van der Waals surface area contributed by atoms with Gasteiger partial charge in [0.2, 0.25) is 11.8 Å². The fourth-order valence-corrected chi connectivity index (χ4v) is 6.62. The minimum absolute atomic E-state index is 0.0446. The fourth-order valence-electron chi connectivity index (χ4n) is 6.62. The summed E-state index contributed by atoms with van der Waals surface area (Å²) in [5, 5.41) is 3.04. The third-order valence-electron chi connectivity index (χ3n) is 7.78. The van der Waals surface area contributed by atoms with E-state index in [0.29, 0.717) is 30.8 Å². The molecule has 2 amide bonds. The molecule has 0 unspecified atom stereocenters. The predicted molar refractivity (Wildman–Crippen MR) is 123 cm³/mol. The lowest BCUT2D eigenvalue weighted by molar-refractivity contribution is -0.148. The van der Waals surface area contributed by atoms with Crippen molar-refractivity contribution in [2.45, 2.75) is 57.6 Å². The smallest absolute Gasteiger partial charge is 0.240 e. The zero-order chi connectivity index (χ0) is 22.1. The van der Waals surface area contributed by atoms with Crippen LogP contribution in [-0.2, 0) is 22.6 Å². The van der Waals surface area contributed by atoms with Gasteiger partial charge in [0, 0.05) is 11.8 Å². The van der Waals surface area contributed by atoms with Crippen LogP contribution in [0.25, 0.3) is 0 Å². The van der Waals surface area contributed by atoms with Gasteiger partial charge in [-0.25, -0.2) is 0 Å². The predicted octanol–water partition coefficient (Wildman–Crippen LogP) is 3.99. The van der Waals surface area contributed by atoms with E-state index in [2.05, 4.69) is 5.32 Å². The molecule has 3 N–H and O–H groups in total. The molecule has 4 aliphatic carbocycles. The number of hydrogen-bond acceptors (Lipinski definition) is 3. The summed E-state index contributed by atoms with van der Waals surface area (Å²) in [6.07, 6.45) is 7.17. The molecule has 0 saturated heterocycles. The number of ether oxygens (including phenoxy) is 1. The number of carbonyl (C=O) groups excluding carboxylic acids is 2. The average Bonchev–Trinajstić information content (AvgIpc) is 2.78. The van der Waals surface area contributed by atoms with Crippen LogP contribution in [0.5, 0.6) is 5.75 Å². The summed E-state index contributed by atoms with van der Waals surface area (Å²) in [7, 11) is 0. The van der Waals surface area contributed by atoms with Gasteiger partial charge in [-0.05, 0) is 79.5 Å². The van der Waals surface area contributed by atoms with Gasteiger partial charge in [-0.3, -0.25) is 9.59 Å². The summed E-state index contributed by atoms with van der Waals surface area (Å²) in [6, 6.07) is 17.0. The molecule has 2 aromatic carbocycles. The highest BCUT2D eigenvalue weighted by atomic mass is 16.5. The molecule has 4 bridgehead atoms. The lowest BCUT2D eigenvalue weighted by atomic mass is 9.49. The minimum Gasteiger partial charge on any atom is -0.489 e. The third kappa shape index (κ3) is 4.38. The Bertz CT molecular complexity index is 935. The summed E-state index contributed by atoms with van der Waals surface area (Å²) >= 11 is 0. The highest BCUT2D eigenvalue weighted by Gasteiger charge is 2.54. The number of amides is 2. The van der Waals surface area contributed by atoms with Crippen molar-refractivity contribution in [3.05, 3.63) is 65.7 Å². The summed E-state index contributed by atoms with van der Waals surface area (Å²) in [5.74, 6) is 2.38. The maximum atomic E-state index is 13.3. The topological polar surface area (TPSA) is 81.4 Å². The number of nitrogens with two attached hydrogens (primary N) is 1. The van der Waals surface area contributed by atoms with E-state index in [9.17, 15) is 9.59 Å². The normalized spacial score (nSPS) is 28.8. The second-order valence-corrected chi connectivity index (χ2v) is 10.2. The van der Waals surface area contributed by atoms with Crippen molar-refractivity contribution in [1.29, 1.82) is 0 Å². The highest BCUT2D eigenvalue weighted by Crippen LogP contribution is 2.60. The van der Waals surface area contributed by atoms with Crippen LogP contribution in [0.3, 0.4) is 0 Å². The molecular formula is C27H32N2O3. The summed E-state index contributed by atoms with van der Waals surface area (Å²) in [4.78, 5) is 25.5. The van der Waals surface area contributed by atoms with Gasteiger partial charge in [0.15, 0.2) is 0 Å². The highest BCUT2D eigenvalue weighted by molar-refractivity contribution is 5.90. The summed E-state index contributed by atoms with van der Waals surface area (Å²) in [6.45, 7) is 0.505. The van der Waals surface area contributed by atoms with Crippen LogP contribution in [0.15, 0.2) is 54.6 Å². The Morgan fingerprint density at radius 3 is 2.06 bits per heavy atom. The van der Waals surface area contributed by atoms with E-state index in [0.717, 1.165) is 36.1 Å². The average molecular weight is 433 g/mol. The first-order valence-electron chi connectivity index (χ1n) is 11.8. The zero-order valence-corrected chi connectivity index (χ0v) is 18.5. The Balaban J connectivity index is 1.20. The number of rotatable bonds is 8. The Labute approximate surface area is 189 Å². The van der Waals surface area contributed by atoms with Gasteiger partial charge in [0.1, 0.15) is 18.4 Å². The van der Waals surface area contributed by atoms with Crippen LogP contribution in [0.2, 0.25) is 0 Å². The molecule has 2 aromatic rings. The second-order valence-electron chi connectivity index (χ2n) is 10.2. The Kier molecular flexibility index (Phi) is 5.66. The van der Waals surface area contributed by atoms with Crippen LogP contribution in [0, 0.1) is 23.2 Å². The first-order chi connectivity index (χ1) is 15.5. The number of benzene rings is 2. The first-order valence-corrected chi connectivity index (χ1v) is 11.8. The van der Waals surface area contributed by atoms with E-state index >= 15 is 0 Å². The van der Waals surface area contributed by atoms with E-state index < -0.39 is 11.9 Å². The standard InChI is InChI=1S/C27H32N2O3/c28-25(30)24(29-26(31)27-14-20-10-21(15-27)12-22(11-20)16-27)13-18-6-8-23(9-7-18)32-17-19-4-2-1-3-5-19/h1-9,20-22,24H,10-17H2,(H2,28,30)(H,29,31)/t20?,21?,22?,24-,27?/m0/s1. The van der Waals surface area contributed by atoms with Crippen LogP contribution in [0.1, 0.15) is 49.7 Å². The van der Waals surface area contributed by atoms with Crippen LogP contribution in [-0.4, -0.2) is 17.9 Å². The van der Waals surface area contributed by atoms with E-state index in [1.807, 2.05) is 54.6 Å². The quantitative estimate of drug-likeness (QED) is 0.662. The molecule has 0 aromatic heterocycles. The molecule has 0 spiro atoms. The van der Waals surface area contributed by atoms with E-state index in [1.54, 1.807) is 0 Å². The van der Waals surface area contributed by atoms with Crippen LogP contribution < -0.4 is 15.8 Å². The molecule has 5 heteroatoms. The summed E-state index contributed by atoms with van der Waals surface area (Å²) in [5.41, 5.74) is 7.47. The monoisotopic (exact) mass is 432 g/mol. The van der Waals surface area contributed by atoms with Crippen LogP contribution in [0.4, 0.5) is 0 Å². The molecule has 1 atom stereocenters. The fraction of sp³-hybridized carbons (Fsp3) is 0.481. The SMILES string of the molecule is NC(=O)[C@H](Cc1ccc(OCc2ccccc2)cc1)NC(=O)C12CC3CC(CC(C3)C1)C2. The summed E-state index contributed by atoms with van der Waals surface area (Å²) < 4.78 is 5.84. The van der Waals surface area contributed by atoms with E-state index in [1.165, 1.54) is 19.3 Å². The maximum Gasteiger partial charge on any atom is 0.240 e. The molecule has 32 heavy (non-hydrogen) atoms. The van der Waals surface area contributed by atoms with Gasteiger partial charge < -0.3 is 15.8 Å². The molecule has 4 fully saturated rings. The number of hydrogen-bond donors (Lipinski definition) is 2. The van der Waals surface area contributed by atoms with Gasteiger partial charge in [-0.15, -0.1) is 0 Å². The van der Waals surface area contributed by atoms with Crippen molar-refractivity contribution in [3.8, 4) is 5.75 Å². The Hall–Kier alpha value is -2.82. The lowest BCUT2D eigenvalue weighted by Crippen LogP contribution is -2.57. The molecule has 5 nitrogen and oxygen atoms in total. The van der Waals surface area contributed by atoms with Gasteiger partial charge in [0.25, 0.3) is 0 Å². The van der Waals surface area contributed by atoms with Crippen molar-refractivity contribution < 1.29 is 14.3 Å². The number of carbonyl (C=O) groups is 2. The molecule has 0 radical (unpaired) electrons. The zero-order valence-electron chi connectivity index (χ0n) is 18.5. The Morgan fingerprint density at radius 2 is 1.50 bits per heavy atom. The molecule has 0 aliphatic heterocycles. The van der Waals surface area contributed by atoms with Crippen molar-refractivity contribution >= 4 is 11.8 Å². The Morgan fingerprint density at radius 1 is 0.906 bits per heavy atom.